The van der Waals surface area contributed by atoms with Gasteiger partial charge < -0.3 is 30.0 Å². The van der Waals surface area contributed by atoms with Crippen LogP contribution in [0.3, 0.4) is 0 Å². The summed E-state index contributed by atoms with van der Waals surface area (Å²) in [5.74, 6) is -0.554. The number of piperazine rings is 1. The van der Waals surface area contributed by atoms with Gasteiger partial charge in [-0.2, -0.15) is 0 Å². The van der Waals surface area contributed by atoms with Gasteiger partial charge in [0.25, 0.3) is 0 Å². The average molecular weight is 775 g/mol. The number of halogens is 2. The molecule has 0 radical (unpaired) electrons. The fraction of sp³-hybridized carbons (Fsp3) is 0.571. The van der Waals surface area contributed by atoms with Crippen molar-refractivity contribution >= 4 is 55.6 Å². The lowest BCUT2D eigenvalue weighted by molar-refractivity contribution is -0.140. The molecular formula is C35H46Br2N6O4. The number of carboxylic acid groups (broad SMARTS) is 1. The van der Waals surface area contributed by atoms with Gasteiger partial charge in [0, 0.05) is 85.1 Å². The van der Waals surface area contributed by atoms with Gasteiger partial charge in [-0.25, -0.2) is 9.59 Å². The molecule has 4 heterocycles. The minimum atomic E-state index is -1.01. The average Bonchev–Trinajstić information content (AvgIpc) is 3.26. The molecule has 6 rings (SSSR count). The third kappa shape index (κ3) is 7.81. The van der Waals surface area contributed by atoms with E-state index in [-0.39, 0.29) is 24.5 Å². The predicted octanol–water partition coefficient (Wildman–Crippen LogP) is 5.60. The van der Waals surface area contributed by atoms with Crippen molar-refractivity contribution in [3.8, 4) is 0 Å². The van der Waals surface area contributed by atoms with Crippen LogP contribution in [-0.4, -0.2) is 125 Å². The molecule has 2 N–H and O–H groups in total. The molecule has 12 heteroatoms. The Morgan fingerprint density at radius 1 is 0.915 bits per heavy atom. The third-order valence-electron chi connectivity index (χ3n) is 10.8. The molecule has 2 aromatic rings. The number of carbonyl (C=O) groups is 3. The number of para-hydroxylation sites is 1. The van der Waals surface area contributed by atoms with Crippen molar-refractivity contribution in [2.75, 3.05) is 64.2 Å². The number of likely N-dealkylation sites (tertiary alicyclic amines) is 2. The van der Waals surface area contributed by atoms with E-state index in [1.165, 1.54) is 4.90 Å². The van der Waals surface area contributed by atoms with E-state index in [2.05, 4.69) is 53.9 Å². The predicted molar refractivity (Wildman–Crippen MR) is 190 cm³/mol. The molecule has 0 aliphatic carbocycles. The van der Waals surface area contributed by atoms with Crippen LogP contribution in [0.2, 0.25) is 0 Å². The van der Waals surface area contributed by atoms with Gasteiger partial charge in [-0.1, -0.05) is 31.2 Å². The number of likely N-dealkylation sites (N-methyl/N-ethyl adjacent to an activating group) is 1. The molecular weight excluding hydrogens is 728 g/mol. The zero-order valence-corrected chi connectivity index (χ0v) is 30.3. The molecule has 2 unspecified atom stereocenters. The van der Waals surface area contributed by atoms with Gasteiger partial charge in [0.15, 0.2) is 0 Å². The first-order valence-corrected chi connectivity index (χ1v) is 18.6. The van der Waals surface area contributed by atoms with Crippen molar-refractivity contribution in [2.24, 2.45) is 5.92 Å². The van der Waals surface area contributed by atoms with E-state index < -0.39 is 18.1 Å². The lowest BCUT2D eigenvalue weighted by atomic mass is 9.82. The van der Waals surface area contributed by atoms with Crippen LogP contribution < -0.4 is 5.32 Å². The second-order valence-electron chi connectivity index (χ2n) is 13.3. The highest BCUT2D eigenvalue weighted by Gasteiger charge is 2.44. The highest BCUT2D eigenvalue weighted by atomic mass is 79.9. The summed E-state index contributed by atoms with van der Waals surface area (Å²) < 4.78 is 1.81. The molecule has 4 aliphatic rings. The van der Waals surface area contributed by atoms with Crippen LogP contribution in [0.15, 0.2) is 51.4 Å². The molecule has 10 nitrogen and oxygen atoms in total. The standard InChI is InChI=1S/C35H46Br2N6O4/c1-2-39-17-19-40(20-18-39)26-10-13-41(14-11-26)33(44)28(21-24-7-8-29(36)30(37)22-24)32-23-27(12-16-43(32)35(46)47)42-15-9-25-5-3-4-6-31(25)38-34(42)45/h3-8,22,26-28,32H,2,9-21,23H2,1H3,(H,38,45)(H,46,47)/t27?,28?,32-/m1/s1. The Hall–Kier alpha value is -2.67. The Morgan fingerprint density at radius 2 is 1.64 bits per heavy atom. The van der Waals surface area contributed by atoms with Gasteiger partial charge >= 0.3 is 12.1 Å². The van der Waals surface area contributed by atoms with E-state index >= 15 is 0 Å². The number of nitrogens with zero attached hydrogens (tertiary/aromatic N) is 5. The van der Waals surface area contributed by atoms with Gasteiger partial charge in [-0.15, -0.1) is 0 Å². The maximum atomic E-state index is 14.6. The third-order valence-corrected chi connectivity index (χ3v) is 12.7. The number of hydrogen-bond donors (Lipinski definition) is 2. The molecule has 0 spiro atoms. The topological polar surface area (TPSA) is 99.7 Å². The number of rotatable bonds is 7. The molecule has 3 fully saturated rings. The SMILES string of the molecule is CCN1CCN(C2CCN(C(=O)C(Cc3ccc(Br)c(Br)c3)[C@H]3CC(N4CCc5ccccc5NC4=O)CCN3C(=O)O)CC2)CC1. The molecule has 3 atom stereocenters. The van der Waals surface area contributed by atoms with Gasteiger partial charge in [-0.05, 0) is 106 Å². The second-order valence-corrected chi connectivity index (χ2v) is 15.0. The van der Waals surface area contributed by atoms with Crippen LogP contribution in [0, 0.1) is 5.92 Å². The summed E-state index contributed by atoms with van der Waals surface area (Å²) in [5.41, 5.74) is 2.88. The van der Waals surface area contributed by atoms with E-state index in [9.17, 15) is 19.5 Å². The molecule has 254 valence electrons. The van der Waals surface area contributed by atoms with Crippen molar-refractivity contribution in [2.45, 2.75) is 63.6 Å². The second kappa shape index (κ2) is 15.3. The zero-order chi connectivity index (χ0) is 33.1. The lowest BCUT2D eigenvalue weighted by Gasteiger charge is -2.46. The number of fused-ring (bicyclic) bond motifs is 1. The van der Waals surface area contributed by atoms with Crippen LogP contribution in [0.4, 0.5) is 15.3 Å². The van der Waals surface area contributed by atoms with Gasteiger partial charge in [-0.3, -0.25) is 9.69 Å². The molecule has 4 aliphatic heterocycles. The quantitative estimate of drug-likeness (QED) is 0.381. The largest absolute Gasteiger partial charge is 0.465 e. The van der Waals surface area contributed by atoms with Crippen molar-refractivity contribution in [1.29, 1.82) is 0 Å². The molecule has 0 bridgehead atoms. The maximum absolute atomic E-state index is 14.6. The minimum absolute atomic E-state index is 0.0166. The van der Waals surface area contributed by atoms with Gasteiger partial charge in [0.1, 0.15) is 0 Å². The normalized spacial score (nSPS) is 24.0. The summed E-state index contributed by atoms with van der Waals surface area (Å²) >= 11 is 7.17. The van der Waals surface area contributed by atoms with E-state index in [0.29, 0.717) is 44.9 Å². The number of carbonyl (C=O) groups excluding carboxylic acids is 2. The summed E-state index contributed by atoms with van der Waals surface area (Å²) in [6.45, 7) is 9.80. The number of hydrogen-bond acceptors (Lipinski definition) is 5. The van der Waals surface area contributed by atoms with Crippen molar-refractivity contribution in [1.82, 2.24) is 24.5 Å². The van der Waals surface area contributed by atoms with Crippen LogP contribution in [0.1, 0.15) is 43.7 Å². The number of urea groups is 1. The number of anilines is 1. The zero-order valence-electron chi connectivity index (χ0n) is 27.1. The molecule has 47 heavy (non-hydrogen) atoms. The van der Waals surface area contributed by atoms with Gasteiger partial charge in [0.2, 0.25) is 5.91 Å². The smallest absolute Gasteiger partial charge is 0.407 e. The van der Waals surface area contributed by atoms with Crippen molar-refractivity contribution in [3.05, 3.63) is 62.5 Å². The van der Waals surface area contributed by atoms with E-state index in [0.717, 1.165) is 77.7 Å². The number of amides is 4. The fourth-order valence-electron chi connectivity index (χ4n) is 8.06. The highest BCUT2D eigenvalue weighted by molar-refractivity contribution is 9.13. The van der Waals surface area contributed by atoms with E-state index in [1.54, 1.807) is 0 Å². The van der Waals surface area contributed by atoms with Crippen molar-refractivity contribution in [3.63, 3.8) is 0 Å². The Labute approximate surface area is 294 Å². The lowest BCUT2D eigenvalue weighted by Crippen LogP contribution is -2.59. The summed E-state index contributed by atoms with van der Waals surface area (Å²) in [7, 11) is 0. The minimum Gasteiger partial charge on any atom is -0.465 e. The monoisotopic (exact) mass is 772 g/mol. The fourth-order valence-corrected chi connectivity index (χ4v) is 8.73. The summed E-state index contributed by atoms with van der Waals surface area (Å²) in [6, 6.07) is 13.4. The molecule has 4 amide bonds. The maximum Gasteiger partial charge on any atom is 0.407 e. The Morgan fingerprint density at radius 3 is 2.34 bits per heavy atom. The van der Waals surface area contributed by atoms with Crippen LogP contribution in [-0.2, 0) is 17.6 Å². The molecule has 3 saturated heterocycles. The van der Waals surface area contributed by atoms with Crippen LogP contribution in [0.5, 0.6) is 0 Å². The van der Waals surface area contributed by atoms with E-state index in [4.69, 9.17) is 0 Å². The summed E-state index contributed by atoms with van der Waals surface area (Å²) in [6.07, 6.45) is 2.94. The number of nitrogens with one attached hydrogen (secondary N) is 1. The first-order valence-electron chi connectivity index (χ1n) is 17.1. The highest BCUT2D eigenvalue weighted by Crippen LogP contribution is 2.34. The Bertz CT molecular complexity index is 1440. The molecule has 0 aromatic heterocycles. The molecule has 0 saturated carbocycles. The van der Waals surface area contributed by atoms with Gasteiger partial charge in [0.05, 0.1) is 5.92 Å². The van der Waals surface area contributed by atoms with Crippen molar-refractivity contribution < 1.29 is 19.5 Å². The van der Waals surface area contributed by atoms with Crippen LogP contribution in [0.25, 0.3) is 0 Å². The first kappa shape index (κ1) is 34.2. The Balaban J connectivity index is 1.22. The first-order chi connectivity index (χ1) is 22.7. The number of piperidine rings is 2. The summed E-state index contributed by atoms with van der Waals surface area (Å²) in [4.78, 5) is 51.2. The van der Waals surface area contributed by atoms with E-state index in [1.807, 2.05) is 52.3 Å². The van der Waals surface area contributed by atoms with Crippen LogP contribution >= 0.6 is 31.9 Å². The molecule has 2 aromatic carbocycles. The Kier molecular flexibility index (Phi) is 11.1. The number of benzene rings is 2. The summed E-state index contributed by atoms with van der Waals surface area (Å²) in [5, 5.41) is 13.5.